The molecule has 0 unspecified atom stereocenters. The largest absolute Gasteiger partial charge is 0.493 e. The first kappa shape index (κ1) is 17.9. The molecular weight excluding hydrogens is 358 g/mol. The molecule has 8 heteroatoms. The van der Waals surface area contributed by atoms with E-state index in [1.807, 2.05) is 30.3 Å². The zero-order valence-electron chi connectivity index (χ0n) is 15.6. The third-order valence-corrected chi connectivity index (χ3v) is 4.59. The van der Waals surface area contributed by atoms with Gasteiger partial charge >= 0.3 is 0 Å². The van der Waals surface area contributed by atoms with Crippen LogP contribution in [0.25, 0.3) is 33.3 Å². The molecule has 0 aliphatic carbocycles. The molecule has 0 bridgehead atoms. The topological polar surface area (TPSA) is 118 Å². The minimum absolute atomic E-state index is 0.265. The lowest BCUT2D eigenvalue weighted by Gasteiger charge is -2.15. The van der Waals surface area contributed by atoms with Crippen molar-refractivity contribution in [2.45, 2.75) is 0 Å². The lowest BCUT2D eigenvalue weighted by atomic mass is 10.1. The molecule has 0 saturated carbocycles. The third kappa shape index (κ3) is 2.93. The Hall–Kier alpha value is -3.52. The number of pyridine rings is 1. The number of fused-ring (bicyclic) bond motifs is 2. The number of ether oxygens (including phenoxy) is 2. The zero-order chi connectivity index (χ0) is 19.7. The number of nitrogens with zero attached hydrogens (tertiary/aromatic N) is 1. The van der Waals surface area contributed by atoms with Crippen LogP contribution in [0.5, 0.6) is 11.5 Å². The number of benzene rings is 2. The van der Waals surface area contributed by atoms with Gasteiger partial charge in [-0.05, 0) is 18.2 Å². The van der Waals surface area contributed by atoms with Crippen LogP contribution >= 0.6 is 0 Å². The SMILES string of the molecule is COc1cc2[nH]c(=O)c(-c3nc4ccccc4[nH]3)c(NCCN)c2cc1OC. The molecule has 8 nitrogen and oxygen atoms in total. The van der Waals surface area contributed by atoms with E-state index in [1.165, 1.54) is 0 Å². The van der Waals surface area contributed by atoms with E-state index in [2.05, 4.69) is 20.3 Å². The molecule has 0 aliphatic heterocycles. The number of hydrogen-bond donors (Lipinski definition) is 4. The minimum atomic E-state index is -0.265. The molecule has 28 heavy (non-hydrogen) atoms. The average Bonchev–Trinajstić information content (AvgIpc) is 3.14. The van der Waals surface area contributed by atoms with E-state index in [0.717, 1.165) is 16.4 Å². The number of aromatic nitrogens is 3. The number of imidazole rings is 1. The van der Waals surface area contributed by atoms with Gasteiger partial charge in [0, 0.05) is 24.5 Å². The number of aromatic amines is 2. The molecule has 0 atom stereocenters. The van der Waals surface area contributed by atoms with Crippen molar-refractivity contribution < 1.29 is 9.47 Å². The molecule has 4 rings (SSSR count). The van der Waals surface area contributed by atoms with E-state index < -0.39 is 0 Å². The van der Waals surface area contributed by atoms with Crippen molar-refractivity contribution in [3.63, 3.8) is 0 Å². The van der Waals surface area contributed by atoms with Gasteiger partial charge in [0.25, 0.3) is 5.56 Å². The average molecular weight is 379 g/mol. The number of anilines is 1. The summed E-state index contributed by atoms with van der Waals surface area (Å²) < 4.78 is 10.8. The second-order valence-corrected chi connectivity index (χ2v) is 6.27. The van der Waals surface area contributed by atoms with Crippen LogP contribution in [0.2, 0.25) is 0 Å². The predicted molar refractivity (Wildman–Crippen MR) is 110 cm³/mol. The van der Waals surface area contributed by atoms with Gasteiger partial charge in [0.15, 0.2) is 11.5 Å². The molecule has 0 fully saturated rings. The predicted octanol–water partition coefficient (Wildman–Crippen LogP) is 2.46. The summed E-state index contributed by atoms with van der Waals surface area (Å²) in [5, 5.41) is 4.06. The standard InChI is InChI=1S/C20H21N5O3/c1-27-15-9-11-14(10-16(15)28-2)25-20(26)17(18(11)22-8-7-21)19-23-12-5-3-4-6-13(12)24-19/h3-6,9-10H,7-8,21H2,1-2H3,(H,23,24)(H2,22,25,26). The maximum absolute atomic E-state index is 13.0. The van der Waals surface area contributed by atoms with Gasteiger partial charge in [-0.2, -0.15) is 0 Å². The van der Waals surface area contributed by atoms with Crippen LogP contribution in [0.15, 0.2) is 41.2 Å². The number of rotatable bonds is 6. The van der Waals surface area contributed by atoms with Gasteiger partial charge in [0.2, 0.25) is 0 Å². The third-order valence-electron chi connectivity index (χ3n) is 4.59. The highest BCUT2D eigenvalue weighted by atomic mass is 16.5. The first-order chi connectivity index (χ1) is 13.7. The fraction of sp³-hybridized carbons (Fsp3) is 0.200. The molecule has 2 aromatic heterocycles. The van der Waals surface area contributed by atoms with Gasteiger partial charge in [0.05, 0.1) is 36.5 Å². The molecule has 0 saturated heterocycles. The smallest absolute Gasteiger partial charge is 0.261 e. The summed E-state index contributed by atoms with van der Waals surface area (Å²) in [6.07, 6.45) is 0. The summed E-state index contributed by atoms with van der Waals surface area (Å²) in [6, 6.07) is 11.2. The van der Waals surface area contributed by atoms with Crippen molar-refractivity contribution in [2.24, 2.45) is 5.73 Å². The number of para-hydroxylation sites is 2. The summed E-state index contributed by atoms with van der Waals surface area (Å²) in [5.74, 6) is 1.58. The number of nitrogens with one attached hydrogen (secondary N) is 3. The van der Waals surface area contributed by atoms with Crippen LogP contribution in [0.4, 0.5) is 5.69 Å². The highest BCUT2D eigenvalue weighted by molar-refractivity contribution is 6.00. The van der Waals surface area contributed by atoms with Gasteiger partial charge in [-0.3, -0.25) is 4.79 Å². The van der Waals surface area contributed by atoms with Crippen molar-refractivity contribution >= 4 is 27.6 Å². The Bertz CT molecular complexity index is 1180. The first-order valence-corrected chi connectivity index (χ1v) is 8.87. The Balaban J connectivity index is 2.03. The first-order valence-electron chi connectivity index (χ1n) is 8.87. The Morgan fingerprint density at radius 2 is 1.82 bits per heavy atom. The Morgan fingerprint density at radius 3 is 2.54 bits per heavy atom. The summed E-state index contributed by atoms with van der Waals surface area (Å²) >= 11 is 0. The molecule has 0 aliphatic rings. The Labute approximate surface area is 160 Å². The minimum Gasteiger partial charge on any atom is -0.493 e. The molecule has 0 amide bonds. The summed E-state index contributed by atoms with van der Waals surface area (Å²) in [4.78, 5) is 23.7. The molecule has 4 aromatic rings. The number of H-pyrrole nitrogens is 2. The number of nitrogens with two attached hydrogens (primary N) is 1. The zero-order valence-corrected chi connectivity index (χ0v) is 15.6. The van der Waals surface area contributed by atoms with Crippen molar-refractivity contribution in [1.29, 1.82) is 0 Å². The lowest BCUT2D eigenvalue weighted by molar-refractivity contribution is 0.356. The summed E-state index contributed by atoms with van der Waals surface area (Å²) in [5.41, 5.74) is 8.76. The van der Waals surface area contributed by atoms with Gasteiger partial charge in [-0.25, -0.2) is 4.98 Å². The van der Waals surface area contributed by atoms with Gasteiger partial charge in [-0.1, -0.05) is 12.1 Å². The molecule has 0 spiro atoms. The molecule has 144 valence electrons. The number of methoxy groups -OCH3 is 2. The van der Waals surface area contributed by atoms with Crippen LogP contribution in [0, 0.1) is 0 Å². The van der Waals surface area contributed by atoms with Crippen LogP contribution in [0.3, 0.4) is 0 Å². The molecular formula is C20H21N5O3. The van der Waals surface area contributed by atoms with E-state index in [4.69, 9.17) is 15.2 Å². The molecule has 2 aromatic carbocycles. The molecule has 0 radical (unpaired) electrons. The van der Waals surface area contributed by atoms with Crippen LogP contribution in [0.1, 0.15) is 0 Å². The van der Waals surface area contributed by atoms with Crippen LogP contribution < -0.4 is 26.1 Å². The van der Waals surface area contributed by atoms with E-state index >= 15 is 0 Å². The summed E-state index contributed by atoms with van der Waals surface area (Å²) in [7, 11) is 3.13. The molecule has 5 N–H and O–H groups in total. The van der Waals surface area contributed by atoms with E-state index in [1.54, 1.807) is 20.3 Å². The second-order valence-electron chi connectivity index (χ2n) is 6.27. The van der Waals surface area contributed by atoms with Crippen LogP contribution in [-0.2, 0) is 0 Å². The van der Waals surface area contributed by atoms with Gasteiger partial charge in [-0.15, -0.1) is 0 Å². The maximum atomic E-state index is 13.0. The Kier molecular flexibility index (Phi) is 4.62. The van der Waals surface area contributed by atoms with E-state index in [9.17, 15) is 4.79 Å². The van der Waals surface area contributed by atoms with E-state index in [0.29, 0.717) is 47.2 Å². The van der Waals surface area contributed by atoms with Crippen molar-refractivity contribution in [2.75, 3.05) is 32.6 Å². The highest BCUT2D eigenvalue weighted by Crippen LogP contribution is 2.37. The monoisotopic (exact) mass is 379 g/mol. The van der Waals surface area contributed by atoms with Gasteiger partial charge < -0.3 is 30.5 Å². The van der Waals surface area contributed by atoms with Crippen LogP contribution in [-0.4, -0.2) is 42.3 Å². The molecule has 2 heterocycles. The lowest BCUT2D eigenvalue weighted by Crippen LogP contribution is -2.18. The van der Waals surface area contributed by atoms with Crippen molar-refractivity contribution in [3.05, 3.63) is 46.8 Å². The highest BCUT2D eigenvalue weighted by Gasteiger charge is 2.19. The maximum Gasteiger partial charge on any atom is 0.261 e. The van der Waals surface area contributed by atoms with Crippen molar-refractivity contribution in [1.82, 2.24) is 15.0 Å². The fourth-order valence-corrected chi connectivity index (χ4v) is 3.30. The second kappa shape index (κ2) is 7.24. The normalized spacial score (nSPS) is 11.1. The summed E-state index contributed by atoms with van der Waals surface area (Å²) in [6.45, 7) is 0.918. The Morgan fingerprint density at radius 1 is 1.07 bits per heavy atom. The fourth-order valence-electron chi connectivity index (χ4n) is 3.30. The van der Waals surface area contributed by atoms with Gasteiger partial charge in [0.1, 0.15) is 11.4 Å². The van der Waals surface area contributed by atoms with E-state index in [-0.39, 0.29) is 5.56 Å². The number of hydrogen-bond acceptors (Lipinski definition) is 6. The van der Waals surface area contributed by atoms with Crippen molar-refractivity contribution in [3.8, 4) is 22.9 Å². The quantitative estimate of drug-likeness (QED) is 0.409.